The summed E-state index contributed by atoms with van der Waals surface area (Å²) in [6.45, 7) is 7.28. The summed E-state index contributed by atoms with van der Waals surface area (Å²) in [7, 11) is -3.09. The number of nitrogens with one attached hydrogen (secondary N) is 3. The van der Waals surface area contributed by atoms with Crippen molar-refractivity contribution in [3.05, 3.63) is 39.7 Å². The molecule has 1 aromatic rings. The highest BCUT2D eigenvalue weighted by atomic mass is 32.3. The van der Waals surface area contributed by atoms with Gasteiger partial charge in [0.15, 0.2) is 0 Å². The van der Waals surface area contributed by atoms with Crippen LogP contribution in [0.2, 0.25) is 0 Å². The van der Waals surface area contributed by atoms with E-state index < -0.39 is 31.1 Å². The van der Waals surface area contributed by atoms with Crippen LogP contribution < -0.4 is 10.0 Å². The van der Waals surface area contributed by atoms with Gasteiger partial charge in [-0.25, -0.2) is 4.39 Å². The third kappa shape index (κ3) is 2.82. The lowest BCUT2D eigenvalue weighted by Crippen LogP contribution is -2.70. The van der Waals surface area contributed by atoms with E-state index in [1.54, 1.807) is 20.8 Å². The van der Waals surface area contributed by atoms with Gasteiger partial charge in [-0.15, -0.1) is 0 Å². The van der Waals surface area contributed by atoms with Crippen LogP contribution in [0.3, 0.4) is 0 Å². The Morgan fingerprint density at radius 3 is 2.62 bits per heavy atom. The zero-order chi connectivity index (χ0) is 18.3. The summed E-state index contributed by atoms with van der Waals surface area (Å²) in [6.07, 6.45) is 0. The summed E-state index contributed by atoms with van der Waals surface area (Å²) in [5.41, 5.74) is -1.39. The summed E-state index contributed by atoms with van der Waals surface area (Å²) in [4.78, 5) is 10.4. The molecule has 0 aromatic heterocycles. The second-order valence-corrected chi connectivity index (χ2v) is 9.95. The minimum absolute atomic E-state index is 0.0199. The van der Waals surface area contributed by atoms with Gasteiger partial charge < -0.3 is 5.32 Å². The molecular weight excluding hydrogens is 335 g/mol. The van der Waals surface area contributed by atoms with E-state index >= 15 is 0 Å². The Hall–Kier alpha value is -1.87. The molecule has 0 unspecified atom stereocenters. The zero-order valence-electron chi connectivity index (χ0n) is 14.1. The van der Waals surface area contributed by atoms with Gasteiger partial charge >= 0.3 is 0 Å². The molecule has 0 bridgehead atoms. The normalized spacial score (nSPS) is 26.5. The smallest absolute Gasteiger partial charge is 0.269 e. The van der Waals surface area contributed by atoms with Crippen LogP contribution in [0.4, 0.5) is 10.1 Å². The molecule has 24 heavy (non-hydrogen) atoms. The lowest BCUT2D eigenvalue weighted by atomic mass is 9.91. The molecule has 1 atom stereocenters. The Kier molecular flexibility index (Phi) is 4.53. The quantitative estimate of drug-likeness (QED) is 0.374. The Bertz CT molecular complexity index is 752. The van der Waals surface area contributed by atoms with Crippen molar-refractivity contribution in [1.82, 2.24) is 10.0 Å². The average molecular weight is 358 g/mol. The maximum Gasteiger partial charge on any atom is 0.269 e. The minimum atomic E-state index is -3.09. The minimum Gasteiger partial charge on any atom is -0.363 e. The molecule has 0 radical (unpaired) electrons. The van der Waals surface area contributed by atoms with E-state index in [-0.39, 0.29) is 22.8 Å². The van der Waals surface area contributed by atoms with E-state index in [0.717, 1.165) is 18.2 Å². The van der Waals surface area contributed by atoms with Crippen LogP contribution in [0.15, 0.2) is 18.2 Å². The van der Waals surface area contributed by atoms with Crippen LogP contribution >= 0.6 is 0 Å². The van der Waals surface area contributed by atoms with Crippen LogP contribution in [0, 0.1) is 21.3 Å². The number of hydrogen-bond acceptors (Lipinski definition) is 4. The van der Waals surface area contributed by atoms with Gasteiger partial charge in [0.05, 0.1) is 15.2 Å². The van der Waals surface area contributed by atoms with Crippen molar-refractivity contribution in [2.45, 2.75) is 38.0 Å². The molecule has 1 heterocycles. The molecule has 0 saturated carbocycles. The first-order valence-electron chi connectivity index (χ1n) is 7.63. The fraction of sp³-hybridized carbons (Fsp3) is 0.533. The molecule has 1 saturated heterocycles. The van der Waals surface area contributed by atoms with Gasteiger partial charge in [0.2, 0.25) is 0 Å². The first-order chi connectivity index (χ1) is 11.0. The van der Waals surface area contributed by atoms with Gasteiger partial charge in [-0.3, -0.25) is 24.5 Å². The van der Waals surface area contributed by atoms with E-state index in [9.17, 15) is 18.7 Å². The van der Waals surface area contributed by atoms with E-state index in [0.29, 0.717) is 6.54 Å². The maximum absolute atomic E-state index is 14.4. The summed E-state index contributed by atoms with van der Waals surface area (Å²) in [5.74, 6) is -0.570. The van der Waals surface area contributed by atoms with Gasteiger partial charge in [0, 0.05) is 30.0 Å². The number of rotatable bonds is 4. The number of halogens is 1. The number of non-ortho nitro benzene ring substituents is 1. The molecule has 9 heteroatoms. The number of nitro benzene ring substituents is 1. The van der Waals surface area contributed by atoms with Gasteiger partial charge in [0.1, 0.15) is 11.7 Å². The predicted molar refractivity (Wildman–Crippen MR) is 93.4 cm³/mol. The topological polar surface area (TPSA) is 108 Å². The average Bonchev–Trinajstić information content (AvgIpc) is 2.45. The Balaban J connectivity index is 2.58. The Morgan fingerprint density at radius 2 is 2.08 bits per heavy atom. The van der Waals surface area contributed by atoms with Crippen molar-refractivity contribution in [2.24, 2.45) is 0 Å². The SMILES string of the molecule is CCN[SH]1(=O)C[C@@](C)(c2cc([N+](=O)[O-])ccc2F)NC(=N)C1(C)C. The molecule has 3 N–H and O–H groups in total. The molecular formula is C15H23FN4O3S. The van der Waals surface area contributed by atoms with Crippen molar-refractivity contribution in [3.8, 4) is 0 Å². The molecule has 1 aliphatic rings. The van der Waals surface area contributed by atoms with E-state index in [4.69, 9.17) is 5.41 Å². The van der Waals surface area contributed by atoms with Crippen molar-refractivity contribution in [3.63, 3.8) is 0 Å². The highest BCUT2D eigenvalue weighted by molar-refractivity contribution is 8.03. The van der Waals surface area contributed by atoms with Crippen molar-refractivity contribution >= 4 is 21.6 Å². The second-order valence-electron chi connectivity index (χ2n) is 6.72. The first kappa shape index (κ1) is 18.5. The maximum atomic E-state index is 14.4. The van der Waals surface area contributed by atoms with Gasteiger partial charge in [-0.2, -0.15) is 0 Å². The van der Waals surface area contributed by atoms with Crippen LogP contribution in [0.25, 0.3) is 0 Å². The van der Waals surface area contributed by atoms with Crippen LogP contribution in [0.5, 0.6) is 0 Å². The Labute approximate surface area is 141 Å². The van der Waals surface area contributed by atoms with E-state index in [1.165, 1.54) is 0 Å². The molecule has 1 aliphatic heterocycles. The highest BCUT2D eigenvalue weighted by Gasteiger charge is 2.50. The summed E-state index contributed by atoms with van der Waals surface area (Å²) >= 11 is 0. The summed E-state index contributed by atoms with van der Waals surface area (Å²) < 4.78 is 29.9. The number of nitro groups is 1. The van der Waals surface area contributed by atoms with Gasteiger partial charge in [-0.05, 0) is 37.0 Å². The first-order valence-corrected chi connectivity index (χ1v) is 9.52. The lowest BCUT2D eigenvalue weighted by molar-refractivity contribution is -0.385. The van der Waals surface area contributed by atoms with Gasteiger partial charge in [0.25, 0.3) is 5.69 Å². The highest BCUT2D eigenvalue weighted by Crippen LogP contribution is 2.38. The molecule has 134 valence electrons. The largest absolute Gasteiger partial charge is 0.363 e. The third-order valence-corrected chi connectivity index (χ3v) is 8.56. The monoisotopic (exact) mass is 358 g/mol. The molecule has 0 aliphatic carbocycles. The number of thiol groups is 1. The van der Waals surface area contributed by atoms with Crippen LogP contribution in [-0.2, 0) is 15.7 Å². The van der Waals surface area contributed by atoms with Crippen LogP contribution in [0.1, 0.15) is 33.3 Å². The fourth-order valence-corrected chi connectivity index (χ4v) is 5.97. The molecule has 2 rings (SSSR count). The molecule has 1 aromatic carbocycles. The number of benzene rings is 1. The number of nitrogens with zero attached hydrogens (tertiary/aromatic N) is 1. The molecule has 7 nitrogen and oxygen atoms in total. The number of amidine groups is 1. The van der Waals surface area contributed by atoms with Crippen molar-refractivity contribution in [1.29, 1.82) is 5.41 Å². The third-order valence-electron chi connectivity index (χ3n) is 4.62. The standard InChI is InChI=1S/C15H23FN4O3S/c1-5-18-24(23)9-15(4,19-13(17)14(24,2)3)11-8-10(20(21)22)6-7-12(11)16/h6-8,24H,5,9H2,1-4H3,(H2,17,19)(H,18,23)/t15-/m0/s1. The zero-order valence-corrected chi connectivity index (χ0v) is 15.0. The predicted octanol–water partition coefficient (Wildman–Crippen LogP) is 1.85. The van der Waals surface area contributed by atoms with Crippen LogP contribution in [-0.4, -0.2) is 32.0 Å². The van der Waals surface area contributed by atoms with E-state index in [2.05, 4.69) is 10.0 Å². The fourth-order valence-electron chi connectivity index (χ4n) is 3.00. The van der Waals surface area contributed by atoms with Gasteiger partial charge in [-0.1, -0.05) is 6.92 Å². The summed E-state index contributed by atoms with van der Waals surface area (Å²) in [6, 6.07) is 3.26. The summed E-state index contributed by atoms with van der Waals surface area (Å²) in [5, 5.41) is 22.2. The van der Waals surface area contributed by atoms with E-state index in [1.807, 2.05) is 6.92 Å². The number of hydrogen-bond donors (Lipinski definition) is 4. The lowest BCUT2D eigenvalue weighted by Gasteiger charge is -2.52. The second kappa shape index (κ2) is 5.89. The van der Waals surface area contributed by atoms with Crippen molar-refractivity contribution < 1.29 is 13.5 Å². The molecule has 0 spiro atoms. The molecule has 0 amide bonds. The Morgan fingerprint density at radius 1 is 1.46 bits per heavy atom. The van der Waals surface area contributed by atoms with Crippen molar-refractivity contribution in [2.75, 3.05) is 12.3 Å². The molecule has 1 fully saturated rings.